The van der Waals surface area contributed by atoms with Crippen molar-refractivity contribution in [2.24, 2.45) is 0 Å². The van der Waals surface area contributed by atoms with Crippen LogP contribution in [-0.4, -0.2) is 21.6 Å². The first-order chi connectivity index (χ1) is 12.7. The van der Waals surface area contributed by atoms with Gasteiger partial charge in [-0.1, -0.05) is 30.3 Å². The van der Waals surface area contributed by atoms with Crippen LogP contribution in [0.2, 0.25) is 0 Å². The lowest BCUT2D eigenvalue weighted by atomic mass is 10.2. The molecule has 0 saturated heterocycles. The highest BCUT2D eigenvalue weighted by Crippen LogP contribution is 2.18. The molecule has 3 aromatic rings. The lowest BCUT2D eigenvalue weighted by molar-refractivity contribution is -0.127. The summed E-state index contributed by atoms with van der Waals surface area (Å²) >= 11 is 0. The minimum atomic E-state index is -0.732. The van der Waals surface area contributed by atoms with E-state index in [0.29, 0.717) is 17.1 Å². The van der Waals surface area contributed by atoms with E-state index in [1.165, 1.54) is 0 Å². The van der Waals surface area contributed by atoms with Gasteiger partial charge in [0.15, 0.2) is 6.10 Å². The zero-order chi connectivity index (χ0) is 18.4. The van der Waals surface area contributed by atoms with Crippen LogP contribution in [0, 0.1) is 11.3 Å². The molecule has 0 bridgehead atoms. The summed E-state index contributed by atoms with van der Waals surface area (Å²) in [7, 11) is 0. The van der Waals surface area contributed by atoms with Gasteiger partial charge in [-0.3, -0.25) is 4.79 Å². The molecular weight excluding hydrogens is 328 g/mol. The third-order valence-corrected chi connectivity index (χ3v) is 3.85. The van der Waals surface area contributed by atoms with E-state index >= 15 is 0 Å². The SMILES string of the molecule is C[C@@H](Oc1ccccc1C#N)C(=O)NCc1nccn1-c1ccccc1. The van der Waals surface area contributed by atoms with E-state index in [1.807, 2.05) is 47.2 Å². The molecule has 0 spiro atoms. The summed E-state index contributed by atoms with van der Waals surface area (Å²) in [6.07, 6.45) is 2.81. The Morgan fingerprint density at radius 2 is 1.96 bits per heavy atom. The molecule has 3 rings (SSSR count). The van der Waals surface area contributed by atoms with E-state index in [-0.39, 0.29) is 12.5 Å². The molecule has 6 nitrogen and oxygen atoms in total. The van der Waals surface area contributed by atoms with Crippen molar-refractivity contribution in [1.82, 2.24) is 14.9 Å². The summed E-state index contributed by atoms with van der Waals surface area (Å²) < 4.78 is 7.53. The van der Waals surface area contributed by atoms with Crippen LogP contribution >= 0.6 is 0 Å². The molecule has 1 atom stereocenters. The normalized spacial score (nSPS) is 11.4. The molecule has 0 aliphatic carbocycles. The van der Waals surface area contributed by atoms with Gasteiger partial charge in [-0.25, -0.2) is 4.98 Å². The number of amides is 1. The van der Waals surface area contributed by atoms with Gasteiger partial charge in [-0.2, -0.15) is 5.26 Å². The van der Waals surface area contributed by atoms with Crippen molar-refractivity contribution in [3.8, 4) is 17.5 Å². The van der Waals surface area contributed by atoms with E-state index in [4.69, 9.17) is 10.00 Å². The van der Waals surface area contributed by atoms with E-state index in [1.54, 1.807) is 37.4 Å². The van der Waals surface area contributed by atoms with Crippen molar-refractivity contribution in [1.29, 1.82) is 5.26 Å². The van der Waals surface area contributed by atoms with Gasteiger partial charge in [-0.15, -0.1) is 0 Å². The molecular formula is C20H18N4O2. The first-order valence-electron chi connectivity index (χ1n) is 8.20. The lowest BCUT2D eigenvalue weighted by Gasteiger charge is -2.15. The number of nitrogens with zero attached hydrogens (tertiary/aromatic N) is 3. The Kier molecular flexibility index (Phi) is 5.30. The molecule has 1 aromatic heterocycles. The topological polar surface area (TPSA) is 79.9 Å². The maximum absolute atomic E-state index is 12.3. The van der Waals surface area contributed by atoms with Crippen LogP contribution in [0.25, 0.3) is 5.69 Å². The minimum Gasteiger partial charge on any atom is -0.480 e. The molecule has 130 valence electrons. The monoisotopic (exact) mass is 346 g/mol. The van der Waals surface area contributed by atoms with Crippen LogP contribution in [0.4, 0.5) is 0 Å². The highest BCUT2D eigenvalue weighted by Gasteiger charge is 2.17. The van der Waals surface area contributed by atoms with E-state index in [0.717, 1.165) is 5.69 Å². The second-order valence-corrected chi connectivity index (χ2v) is 5.63. The van der Waals surface area contributed by atoms with Crippen molar-refractivity contribution in [3.05, 3.63) is 78.4 Å². The van der Waals surface area contributed by atoms with Gasteiger partial charge < -0.3 is 14.6 Å². The Hall–Kier alpha value is -3.59. The zero-order valence-corrected chi connectivity index (χ0v) is 14.3. The Labute approximate surface area is 151 Å². The number of para-hydroxylation sites is 2. The number of ether oxygens (including phenoxy) is 1. The number of nitriles is 1. The van der Waals surface area contributed by atoms with Gasteiger partial charge >= 0.3 is 0 Å². The van der Waals surface area contributed by atoms with Crippen LogP contribution < -0.4 is 10.1 Å². The fourth-order valence-electron chi connectivity index (χ4n) is 2.50. The van der Waals surface area contributed by atoms with Crippen LogP contribution in [0.5, 0.6) is 5.75 Å². The fraction of sp³-hybridized carbons (Fsp3) is 0.150. The van der Waals surface area contributed by atoms with Crippen molar-refractivity contribution < 1.29 is 9.53 Å². The molecule has 2 aromatic carbocycles. The fourth-order valence-corrected chi connectivity index (χ4v) is 2.50. The van der Waals surface area contributed by atoms with Gasteiger partial charge in [0.2, 0.25) is 0 Å². The average molecular weight is 346 g/mol. The Bertz CT molecular complexity index is 928. The van der Waals surface area contributed by atoms with Crippen molar-refractivity contribution in [2.75, 3.05) is 0 Å². The van der Waals surface area contributed by atoms with Crippen LogP contribution in [0.15, 0.2) is 67.0 Å². The predicted octanol–water partition coefficient (Wildman–Crippen LogP) is 2.83. The van der Waals surface area contributed by atoms with Gasteiger partial charge in [-0.05, 0) is 31.2 Å². The van der Waals surface area contributed by atoms with Crippen molar-refractivity contribution in [2.45, 2.75) is 19.6 Å². The number of nitrogens with one attached hydrogen (secondary N) is 1. The van der Waals surface area contributed by atoms with Crippen LogP contribution in [-0.2, 0) is 11.3 Å². The Morgan fingerprint density at radius 3 is 2.73 bits per heavy atom. The maximum Gasteiger partial charge on any atom is 0.261 e. The highest BCUT2D eigenvalue weighted by atomic mass is 16.5. The summed E-state index contributed by atoms with van der Waals surface area (Å²) in [6.45, 7) is 1.92. The van der Waals surface area contributed by atoms with E-state index in [9.17, 15) is 4.79 Å². The minimum absolute atomic E-state index is 0.272. The summed E-state index contributed by atoms with van der Waals surface area (Å²) in [4.78, 5) is 16.6. The second-order valence-electron chi connectivity index (χ2n) is 5.63. The molecule has 6 heteroatoms. The summed E-state index contributed by atoms with van der Waals surface area (Å²) in [5.74, 6) is 0.831. The highest BCUT2D eigenvalue weighted by molar-refractivity contribution is 5.80. The first kappa shape index (κ1) is 17.2. The average Bonchev–Trinajstić information content (AvgIpc) is 3.15. The molecule has 0 unspecified atom stereocenters. The number of aromatic nitrogens is 2. The maximum atomic E-state index is 12.3. The standard InChI is InChI=1S/C20H18N4O2/c1-15(26-18-10-6-5-7-16(18)13-21)20(25)23-14-19-22-11-12-24(19)17-8-3-2-4-9-17/h2-12,15H,14H2,1H3,(H,23,25)/t15-/m1/s1. The third-order valence-electron chi connectivity index (χ3n) is 3.85. The molecule has 0 aliphatic heterocycles. The smallest absolute Gasteiger partial charge is 0.261 e. The summed E-state index contributed by atoms with van der Waals surface area (Å²) in [6, 6.07) is 18.7. The summed E-state index contributed by atoms with van der Waals surface area (Å²) in [5, 5.41) is 11.9. The number of benzene rings is 2. The Balaban J connectivity index is 1.63. The third kappa shape index (κ3) is 3.90. The van der Waals surface area contributed by atoms with Crippen molar-refractivity contribution >= 4 is 5.91 Å². The number of hydrogen-bond donors (Lipinski definition) is 1. The molecule has 1 N–H and O–H groups in total. The number of hydrogen-bond acceptors (Lipinski definition) is 4. The van der Waals surface area contributed by atoms with E-state index < -0.39 is 6.10 Å². The number of imidazole rings is 1. The number of carbonyl (C=O) groups is 1. The first-order valence-corrected chi connectivity index (χ1v) is 8.20. The zero-order valence-electron chi connectivity index (χ0n) is 14.3. The number of rotatable bonds is 6. The van der Waals surface area contributed by atoms with Gasteiger partial charge in [0.1, 0.15) is 17.6 Å². The number of carbonyl (C=O) groups excluding carboxylic acids is 1. The molecule has 0 fully saturated rings. The predicted molar refractivity (Wildman–Crippen MR) is 96.7 cm³/mol. The molecule has 1 amide bonds. The molecule has 0 radical (unpaired) electrons. The van der Waals surface area contributed by atoms with Gasteiger partial charge in [0.25, 0.3) is 5.91 Å². The summed E-state index contributed by atoms with van der Waals surface area (Å²) in [5.41, 5.74) is 1.37. The van der Waals surface area contributed by atoms with Crippen LogP contribution in [0.3, 0.4) is 0 Å². The van der Waals surface area contributed by atoms with Gasteiger partial charge in [0.05, 0.1) is 12.1 Å². The molecule has 1 heterocycles. The van der Waals surface area contributed by atoms with Crippen LogP contribution in [0.1, 0.15) is 18.3 Å². The molecule has 26 heavy (non-hydrogen) atoms. The molecule has 0 saturated carbocycles. The van der Waals surface area contributed by atoms with E-state index in [2.05, 4.69) is 10.3 Å². The Morgan fingerprint density at radius 1 is 1.23 bits per heavy atom. The van der Waals surface area contributed by atoms with Crippen molar-refractivity contribution in [3.63, 3.8) is 0 Å². The largest absolute Gasteiger partial charge is 0.480 e. The van der Waals surface area contributed by atoms with Gasteiger partial charge in [0, 0.05) is 18.1 Å². The second kappa shape index (κ2) is 7.99. The lowest BCUT2D eigenvalue weighted by Crippen LogP contribution is -2.36. The molecule has 0 aliphatic rings. The quantitative estimate of drug-likeness (QED) is 0.744.